The summed E-state index contributed by atoms with van der Waals surface area (Å²) in [5, 5.41) is 0. The van der Waals surface area contributed by atoms with Gasteiger partial charge >= 0.3 is 0 Å². The van der Waals surface area contributed by atoms with Gasteiger partial charge < -0.3 is 4.74 Å². The van der Waals surface area contributed by atoms with Gasteiger partial charge in [-0.3, -0.25) is 0 Å². The Bertz CT molecular complexity index is 198. The van der Waals surface area contributed by atoms with Crippen molar-refractivity contribution in [3.05, 3.63) is 18.8 Å². The normalized spacial score (nSPS) is 11.5. The SMILES string of the molecule is C[CH]OCCCCCCCC/C=C\CCCCCCCC. The van der Waals surface area contributed by atoms with Gasteiger partial charge in [-0.25, -0.2) is 0 Å². The molecular formula is C20H39O. The minimum absolute atomic E-state index is 0.900. The summed E-state index contributed by atoms with van der Waals surface area (Å²) >= 11 is 0. The number of hydrogen-bond acceptors (Lipinski definition) is 1. The largest absolute Gasteiger partial charge is 0.376 e. The highest BCUT2D eigenvalue weighted by molar-refractivity contribution is 4.81. The predicted molar refractivity (Wildman–Crippen MR) is 95.4 cm³/mol. The van der Waals surface area contributed by atoms with E-state index < -0.39 is 0 Å². The van der Waals surface area contributed by atoms with Crippen molar-refractivity contribution in [1.29, 1.82) is 0 Å². The minimum atomic E-state index is 0.900. The highest BCUT2D eigenvalue weighted by Gasteiger charge is 1.91. The number of rotatable bonds is 17. The summed E-state index contributed by atoms with van der Waals surface area (Å²) in [6.07, 6.45) is 23.9. The Balaban J connectivity index is 3.02. The van der Waals surface area contributed by atoms with E-state index in [0.29, 0.717) is 0 Å². The van der Waals surface area contributed by atoms with Gasteiger partial charge in [-0.15, -0.1) is 0 Å². The van der Waals surface area contributed by atoms with Gasteiger partial charge in [0.15, 0.2) is 0 Å². The van der Waals surface area contributed by atoms with Crippen molar-refractivity contribution >= 4 is 0 Å². The molecule has 0 heterocycles. The maximum Gasteiger partial charge on any atom is 0.0805 e. The van der Waals surface area contributed by atoms with Crippen molar-refractivity contribution in [2.24, 2.45) is 0 Å². The molecule has 0 aromatic rings. The lowest BCUT2D eigenvalue weighted by molar-refractivity contribution is 0.197. The molecule has 1 radical (unpaired) electrons. The monoisotopic (exact) mass is 295 g/mol. The van der Waals surface area contributed by atoms with Gasteiger partial charge in [-0.2, -0.15) is 0 Å². The Labute approximate surface area is 134 Å². The maximum atomic E-state index is 5.22. The summed E-state index contributed by atoms with van der Waals surface area (Å²) in [6.45, 7) is 6.91. The number of allylic oxidation sites excluding steroid dienone is 2. The van der Waals surface area contributed by atoms with E-state index in [4.69, 9.17) is 4.74 Å². The van der Waals surface area contributed by atoms with Crippen LogP contribution in [0.5, 0.6) is 0 Å². The second kappa shape index (κ2) is 19.7. The molecule has 21 heavy (non-hydrogen) atoms. The first kappa shape index (κ1) is 20.7. The molecule has 0 saturated heterocycles. The van der Waals surface area contributed by atoms with Crippen molar-refractivity contribution in [3.8, 4) is 0 Å². The van der Waals surface area contributed by atoms with Crippen LogP contribution in [0.25, 0.3) is 0 Å². The minimum Gasteiger partial charge on any atom is -0.376 e. The number of unbranched alkanes of at least 4 members (excludes halogenated alkanes) is 12. The number of hydrogen-bond donors (Lipinski definition) is 0. The fraction of sp³-hybridized carbons (Fsp3) is 0.850. The molecule has 0 aliphatic heterocycles. The third kappa shape index (κ3) is 19.7. The molecule has 0 aliphatic carbocycles. The fourth-order valence-corrected chi connectivity index (χ4v) is 2.55. The van der Waals surface area contributed by atoms with Crippen molar-refractivity contribution in [2.75, 3.05) is 6.61 Å². The van der Waals surface area contributed by atoms with Gasteiger partial charge in [0.05, 0.1) is 6.61 Å². The van der Waals surface area contributed by atoms with Gasteiger partial charge in [-0.1, -0.05) is 76.9 Å². The quantitative estimate of drug-likeness (QED) is 0.203. The Morgan fingerprint density at radius 1 is 0.619 bits per heavy atom. The molecule has 0 aliphatic rings. The van der Waals surface area contributed by atoms with Crippen LogP contribution in [-0.2, 0) is 4.74 Å². The van der Waals surface area contributed by atoms with Crippen LogP contribution in [0.1, 0.15) is 104 Å². The van der Waals surface area contributed by atoms with Gasteiger partial charge in [-0.05, 0) is 39.0 Å². The fourth-order valence-electron chi connectivity index (χ4n) is 2.55. The average Bonchev–Trinajstić information content (AvgIpc) is 2.50. The summed E-state index contributed by atoms with van der Waals surface area (Å²) in [4.78, 5) is 0. The molecule has 1 heteroatoms. The molecule has 0 bridgehead atoms. The van der Waals surface area contributed by atoms with E-state index in [1.165, 1.54) is 89.9 Å². The van der Waals surface area contributed by atoms with Crippen LogP contribution in [0, 0.1) is 6.61 Å². The van der Waals surface area contributed by atoms with Gasteiger partial charge in [0.2, 0.25) is 0 Å². The Hall–Kier alpha value is -0.300. The van der Waals surface area contributed by atoms with Crippen molar-refractivity contribution in [3.63, 3.8) is 0 Å². The maximum absolute atomic E-state index is 5.22. The van der Waals surface area contributed by atoms with Crippen LogP contribution < -0.4 is 0 Å². The van der Waals surface area contributed by atoms with Crippen LogP contribution in [-0.4, -0.2) is 6.61 Å². The molecule has 0 fully saturated rings. The zero-order valence-electron chi connectivity index (χ0n) is 14.7. The lowest BCUT2D eigenvalue weighted by atomic mass is 10.1. The molecule has 0 atom stereocenters. The molecule has 0 unspecified atom stereocenters. The van der Waals surface area contributed by atoms with Crippen LogP contribution in [0.3, 0.4) is 0 Å². The molecule has 0 N–H and O–H groups in total. The van der Waals surface area contributed by atoms with Gasteiger partial charge in [0.1, 0.15) is 0 Å². The number of ether oxygens (including phenoxy) is 1. The Morgan fingerprint density at radius 3 is 1.62 bits per heavy atom. The smallest absolute Gasteiger partial charge is 0.0805 e. The van der Waals surface area contributed by atoms with Gasteiger partial charge in [0.25, 0.3) is 0 Å². The van der Waals surface area contributed by atoms with Crippen molar-refractivity contribution in [2.45, 2.75) is 104 Å². The van der Waals surface area contributed by atoms with Crippen molar-refractivity contribution in [1.82, 2.24) is 0 Å². The highest BCUT2D eigenvalue weighted by Crippen LogP contribution is 2.09. The third-order valence-corrected chi connectivity index (χ3v) is 3.94. The van der Waals surface area contributed by atoms with E-state index in [1.54, 1.807) is 6.61 Å². The Morgan fingerprint density at radius 2 is 1.10 bits per heavy atom. The van der Waals surface area contributed by atoms with E-state index in [0.717, 1.165) is 6.61 Å². The standard InChI is InChI=1S/C20H39O/c1-3-5-6-7-8-9-10-11-12-13-14-15-16-17-18-19-20-21-4-2/h4,11-12H,3,5-10,13-20H2,1-2H3/b12-11-. The molecule has 0 amide bonds. The van der Waals surface area contributed by atoms with E-state index in [9.17, 15) is 0 Å². The first-order chi connectivity index (χ1) is 10.4. The summed E-state index contributed by atoms with van der Waals surface area (Å²) < 4.78 is 5.22. The van der Waals surface area contributed by atoms with Gasteiger partial charge in [0, 0.05) is 6.61 Å². The predicted octanol–water partition coefficient (Wildman–Crippen LogP) is 7.22. The van der Waals surface area contributed by atoms with Crippen molar-refractivity contribution < 1.29 is 4.74 Å². The van der Waals surface area contributed by atoms with E-state index in [2.05, 4.69) is 19.1 Å². The molecule has 125 valence electrons. The lowest BCUT2D eigenvalue weighted by Crippen LogP contribution is -1.89. The first-order valence-electron chi connectivity index (χ1n) is 9.46. The Kier molecular flexibility index (Phi) is 19.4. The second-order valence-electron chi connectivity index (χ2n) is 6.04. The average molecular weight is 296 g/mol. The molecule has 0 aromatic carbocycles. The van der Waals surface area contributed by atoms with Crippen LogP contribution in [0.2, 0.25) is 0 Å². The summed E-state index contributed by atoms with van der Waals surface area (Å²) in [6, 6.07) is 0. The molecule has 1 nitrogen and oxygen atoms in total. The zero-order valence-corrected chi connectivity index (χ0v) is 14.7. The van der Waals surface area contributed by atoms with Crippen LogP contribution >= 0.6 is 0 Å². The second-order valence-corrected chi connectivity index (χ2v) is 6.04. The topological polar surface area (TPSA) is 9.23 Å². The van der Waals surface area contributed by atoms with E-state index in [1.807, 2.05) is 6.92 Å². The molecule has 0 aromatic heterocycles. The molecule has 0 spiro atoms. The van der Waals surface area contributed by atoms with Crippen LogP contribution in [0.4, 0.5) is 0 Å². The summed E-state index contributed by atoms with van der Waals surface area (Å²) in [7, 11) is 0. The highest BCUT2D eigenvalue weighted by atomic mass is 16.5. The third-order valence-electron chi connectivity index (χ3n) is 3.94. The molecule has 0 rings (SSSR count). The van der Waals surface area contributed by atoms with E-state index in [-0.39, 0.29) is 0 Å². The lowest BCUT2D eigenvalue weighted by Gasteiger charge is -2.01. The molecule has 0 saturated carbocycles. The van der Waals surface area contributed by atoms with Crippen LogP contribution in [0.15, 0.2) is 12.2 Å². The first-order valence-corrected chi connectivity index (χ1v) is 9.46. The molecular weight excluding hydrogens is 256 g/mol. The van der Waals surface area contributed by atoms with E-state index >= 15 is 0 Å². The zero-order chi connectivity index (χ0) is 15.4. The summed E-state index contributed by atoms with van der Waals surface area (Å²) in [5.41, 5.74) is 0. The summed E-state index contributed by atoms with van der Waals surface area (Å²) in [5.74, 6) is 0.